The molecule has 7 heteroatoms. The highest BCUT2D eigenvalue weighted by Crippen LogP contribution is 2.34. The van der Waals surface area contributed by atoms with Crippen molar-refractivity contribution in [3.05, 3.63) is 179 Å². The Kier molecular flexibility index (Phi) is 11.4. The summed E-state index contributed by atoms with van der Waals surface area (Å²) in [5.74, 6) is -1.43. The molecule has 3 unspecified atom stereocenters. The third-order valence-electron chi connectivity index (χ3n) is 8.77. The molecule has 1 amide bonds. The molecule has 0 spiro atoms. The lowest BCUT2D eigenvalue weighted by Gasteiger charge is -2.43. The van der Waals surface area contributed by atoms with Crippen molar-refractivity contribution in [2.24, 2.45) is 0 Å². The van der Waals surface area contributed by atoms with Crippen molar-refractivity contribution in [2.45, 2.75) is 50.8 Å². The van der Waals surface area contributed by atoms with Crippen LogP contribution in [0.4, 0.5) is 8.78 Å². The van der Waals surface area contributed by atoms with E-state index in [1.54, 1.807) is 0 Å². The first-order chi connectivity index (χ1) is 23.5. The Hall–Kier alpha value is -4.69. The first kappa shape index (κ1) is 33.2. The lowest BCUT2D eigenvalue weighted by molar-refractivity contribution is -0.151. The number of nitrogens with zero attached hydrogens (tertiary/aromatic N) is 2. The second-order valence-corrected chi connectivity index (χ2v) is 12.3. The first-order valence-corrected chi connectivity index (χ1v) is 16.4. The summed E-state index contributed by atoms with van der Waals surface area (Å²) in [6.07, 6.45) is -0.311. The van der Waals surface area contributed by atoms with Crippen LogP contribution in [0.2, 0.25) is 0 Å². The second kappa shape index (κ2) is 16.4. The van der Waals surface area contributed by atoms with E-state index in [1.807, 2.05) is 102 Å². The summed E-state index contributed by atoms with van der Waals surface area (Å²) in [6, 6.07) is 42.8. The maximum atomic E-state index is 14.9. The van der Waals surface area contributed by atoms with Gasteiger partial charge in [0.2, 0.25) is 5.91 Å². The van der Waals surface area contributed by atoms with E-state index in [4.69, 9.17) is 9.47 Å². The van der Waals surface area contributed by atoms with E-state index in [9.17, 15) is 13.6 Å². The van der Waals surface area contributed by atoms with E-state index < -0.39 is 23.8 Å². The Morgan fingerprint density at radius 1 is 0.708 bits per heavy atom. The lowest BCUT2D eigenvalue weighted by Crippen LogP contribution is -2.53. The van der Waals surface area contributed by atoms with Crippen LogP contribution in [0.1, 0.15) is 40.3 Å². The monoisotopic (exact) mass is 646 g/mol. The average molecular weight is 647 g/mol. The van der Waals surface area contributed by atoms with Gasteiger partial charge in [0.15, 0.2) is 0 Å². The van der Waals surface area contributed by atoms with Gasteiger partial charge in [-0.25, -0.2) is 8.78 Å². The fourth-order valence-corrected chi connectivity index (χ4v) is 6.45. The van der Waals surface area contributed by atoms with Gasteiger partial charge in [0.05, 0.1) is 25.4 Å². The number of ether oxygens (including phenoxy) is 2. The van der Waals surface area contributed by atoms with Crippen molar-refractivity contribution >= 4 is 5.91 Å². The maximum Gasteiger partial charge on any atom is 0.249 e. The number of halogens is 2. The molecule has 5 aromatic rings. The van der Waals surface area contributed by atoms with Gasteiger partial charge in [0.25, 0.3) is 0 Å². The van der Waals surface area contributed by atoms with Crippen molar-refractivity contribution in [2.75, 3.05) is 13.2 Å². The minimum absolute atomic E-state index is 0.00872. The number of rotatable bonds is 14. The summed E-state index contributed by atoms with van der Waals surface area (Å²) in [5, 5.41) is 0. The van der Waals surface area contributed by atoms with Gasteiger partial charge in [-0.15, -0.1) is 0 Å². The van der Waals surface area contributed by atoms with Crippen LogP contribution in [0.25, 0.3) is 0 Å². The van der Waals surface area contributed by atoms with E-state index >= 15 is 0 Å². The zero-order chi connectivity index (χ0) is 33.1. The summed E-state index contributed by atoms with van der Waals surface area (Å²) in [5.41, 5.74) is 4.53. The third-order valence-corrected chi connectivity index (χ3v) is 8.77. The Morgan fingerprint density at radius 3 is 1.75 bits per heavy atom. The molecule has 1 fully saturated rings. The molecule has 5 nitrogen and oxygen atoms in total. The Balaban J connectivity index is 1.44. The van der Waals surface area contributed by atoms with Crippen molar-refractivity contribution < 1.29 is 23.0 Å². The molecule has 0 aliphatic carbocycles. The van der Waals surface area contributed by atoms with Gasteiger partial charge in [0, 0.05) is 31.7 Å². The van der Waals surface area contributed by atoms with E-state index in [0.29, 0.717) is 38.2 Å². The Bertz CT molecular complexity index is 1660. The van der Waals surface area contributed by atoms with Crippen LogP contribution < -0.4 is 0 Å². The number of carbonyl (C=O) groups is 1. The van der Waals surface area contributed by atoms with Gasteiger partial charge in [0.1, 0.15) is 18.2 Å². The highest BCUT2D eigenvalue weighted by molar-refractivity contribution is 5.78. The molecule has 6 rings (SSSR count). The van der Waals surface area contributed by atoms with Crippen LogP contribution in [0.5, 0.6) is 0 Å². The van der Waals surface area contributed by atoms with Gasteiger partial charge >= 0.3 is 0 Å². The van der Waals surface area contributed by atoms with Gasteiger partial charge < -0.3 is 14.4 Å². The predicted octanol–water partition coefficient (Wildman–Crippen LogP) is 8.11. The quantitative estimate of drug-likeness (QED) is 0.122. The normalized spacial score (nSPS) is 16.2. The van der Waals surface area contributed by atoms with Gasteiger partial charge in [-0.05, 0) is 46.4 Å². The van der Waals surface area contributed by atoms with Gasteiger partial charge in [-0.3, -0.25) is 9.69 Å². The van der Waals surface area contributed by atoms with Crippen molar-refractivity contribution in [1.29, 1.82) is 0 Å². The van der Waals surface area contributed by atoms with E-state index in [1.165, 1.54) is 12.1 Å². The third kappa shape index (κ3) is 9.01. The number of carbonyl (C=O) groups excluding carboxylic acids is 1. The Labute approximate surface area is 281 Å². The van der Waals surface area contributed by atoms with Crippen LogP contribution in [-0.2, 0) is 40.5 Å². The van der Waals surface area contributed by atoms with Crippen LogP contribution in [-0.4, -0.2) is 41.0 Å². The standard InChI is InChI=1S/C41H40F2N2O3/c42-36-21-35(22-37(43)23-36)41(48-28-34-19-11-4-12-20-34)39(24-38-29-47-30-40(46)45(38)27-33-17-9-3-10-18-33)44(25-31-13-5-1-6-14-31)26-32-15-7-2-8-16-32/h1-23,38-39,41H,24-30H2. The molecule has 1 aliphatic rings. The molecule has 5 aromatic carbocycles. The number of morpholine rings is 1. The van der Waals surface area contributed by atoms with E-state index in [-0.39, 0.29) is 25.2 Å². The van der Waals surface area contributed by atoms with Crippen LogP contribution >= 0.6 is 0 Å². The van der Waals surface area contributed by atoms with Crippen LogP contribution in [0, 0.1) is 11.6 Å². The van der Waals surface area contributed by atoms with E-state index in [2.05, 4.69) is 29.2 Å². The summed E-state index contributed by atoms with van der Waals surface area (Å²) in [4.78, 5) is 17.6. The van der Waals surface area contributed by atoms with Gasteiger partial charge in [-0.1, -0.05) is 121 Å². The largest absolute Gasteiger partial charge is 0.369 e. The highest BCUT2D eigenvalue weighted by atomic mass is 19.1. The average Bonchev–Trinajstić information content (AvgIpc) is 3.10. The lowest BCUT2D eigenvalue weighted by atomic mass is 9.92. The van der Waals surface area contributed by atoms with E-state index in [0.717, 1.165) is 28.3 Å². The molecule has 0 saturated carbocycles. The zero-order valence-corrected chi connectivity index (χ0v) is 26.8. The number of hydrogen-bond acceptors (Lipinski definition) is 4. The topological polar surface area (TPSA) is 42.0 Å². The molecule has 0 bridgehead atoms. The minimum atomic E-state index is -0.751. The van der Waals surface area contributed by atoms with Crippen LogP contribution in [0.3, 0.4) is 0 Å². The summed E-state index contributed by atoms with van der Waals surface area (Å²) >= 11 is 0. The predicted molar refractivity (Wildman–Crippen MR) is 182 cm³/mol. The summed E-state index contributed by atoms with van der Waals surface area (Å²) in [7, 11) is 0. The van der Waals surface area contributed by atoms with Crippen LogP contribution in [0.15, 0.2) is 140 Å². The molecule has 1 aliphatic heterocycles. The molecule has 0 aromatic heterocycles. The molecule has 1 saturated heterocycles. The summed E-state index contributed by atoms with van der Waals surface area (Å²) < 4.78 is 42.5. The molecule has 246 valence electrons. The van der Waals surface area contributed by atoms with Crippen molar-refractivity contribution in [3.8, 4) is 0 Å². The number of hydrogen-bond donors (Lipinski definition) is 0. The SMILES string of the molecule is O=C1COCC(CC(C(OCc2ccccc2)c2cc(F)cc(F)c2)N(Cc2ccccc2)Cc2ccccc2)N1Cc1ccccc1. The molecule has 48 heavy (non-hydrogen) atoms. The first-order valence-electron chi connectivity index (χ1n) is 16.4. The van der Waals surface area contributed by atoms with Crippen molar-refractivity contribution in [3.63, 3.8) is 0 Å². The minimum Gasteiger partial charge on any atom is -0.369 e. The van der Waals surface area contributed by atoms with Gasteiger partial charge in [-0.2, -0.15) is 0 Å². The maximum absolute atomic E-state index is 14.9. The highest BCUT2D eigenvalue weighted by Gasteiger charge is 2.37. The molecule has 1 heterocycles. The molecular formula is C41H40F2N2O3. The number of benzene rings is 5. The fraction of sp³-hybridized carbons (Fsp3) is 0.244. The molecule has 0 N–H and O–H groups in total. The molecule has 0 radical (unpaired) electrons. The zero-order valence-electron chi connectivity index (χ0n) is 26.8. The smallest absolute Gasteiger partial charge is 0.249 e. The summed E-state index contributed by atoms with van der Waals surface area (Å²) in [6.45, 7) is 2.10. The second-order valence-electron chi connectivity index (χ2n) is 12.3. The Morgan fingerprint density at radius 2 is 1.21 bits per heavy atom. The fourth-order valence-electron chi connectivity index (χ4n) is 6.45. The van der Waals surface area contributed by atoms with Crippen molar-refractivity contribution in [1.82, 2.24) is 9.80 Å². The molecule has 3 atom stereocenters. The molecular weight excluding hydrogens is 606 g/mol. The number of amides is 1.